The lowest BCUT2D eigenvalue weighted by Gasteiger charge is -2.25. The van der Waals surface area contributed by atoms with Crippen molar-refractivity contribution in [2.45, 2.75) is 117 Å². The molecule has 0 N–H and O–H groups in total. The van der Waals surface area contributed by atoms with Crippen LogP contribution in [0.5, 0.6) is 0 Å². The van der Waals surface area contributed by atoms with Crippen molar-refractivity contribution in [1.82, 2.24) is 4.98 Å². The van der Waals surface area contributed by atoms with E-state index in [-0.39, 0.29) is 0 Å². The Labute approximate surface area is 198 Å². The minimum absolute atomic E-state index is 0.566. The van der Waals surface area contributed by atoms with Crippen LogP contribution in [0, 0.1) is 47.4 Å². The molecule has 32 heavy (non-hydrogen) atoms. The summed E-state index contributed by atoms with van der Waals surface area (Å²) in [4.78, 5) is 4.57. The molecule has 1 nitrogen and oxygen atoms in total. The highest BCUT2D eigenvalue weighted by atomic mass is 14.7. The molecule has 2 aliphatic carbocycles. The first-order valence-electron chi connectivity index (χ1n) is 13.8. The van der Waals surface area contributed by atoms with E-state index in [1.807, 2.05) is 6.20 Å². The van der Waals surface area contributed by atoms with Crippen LogP contribution in [0.15, 0.2) is 18.3 Å². The van der Waals surface area contributed by atoms with Gasteiger partial charge in [-0.05, 0) is 81.3 Å². The molecular formula is C31H45N. The fraction of sp³-hybridized carbons (Fsp3) is 0.710. The summed E-state index contributed by atoms with van der Waals surface area (Å²) in [7, 11) is 0. The van der Waals surface area contributed by atoms with Crippen LogP contribution < -0.4 is 0 Å². The molecule has 0 aliphatic heterocycles. The maximum Gasteiger partial charge on any atom is 0.113 e. The summed E-state index contributed by atoms with van der Waals surface area (Å²) in [5.74, 6) is 16.8. The van der Waals surface area contributed by atoms with Crippen LogP contribution in [-0.2, 0) is 0 Å². The summed E-state index contributed by atoms with van der Waals surface area (Å²) in [6.07, 6.45) is 23.6. The Balaban J connectivity index is 1.39. The summed E-state index contributed by atoms with van der Waals surface area (Å²) in [5, 5.41) is 0. The van der Waals surface area contributed by atoms with Gasteiger partial charge in [0.15, 0.2) is 0 Å². The Morgan fingerprint density at radius 3 is 1.69 bits per heavy atom. The number of aromatic nitrogens is 1. The molecule has 0 spiro atoms. The van der Waals surface area contributed by atoms with Crippen molar-refractivity contribution in [3.05, 3.63) is 29.6 Å². The molecule has 1 heterocycles. The first-order chi connectivity index (χ1) is 15.8. The third-order valence-electron chi connectivity index (χ3n) is 7.71. The Kier molecular flexibility index (Phi) is 11.2. The van der Waals surface area contributed by atoms with Crippen LogP contribution in [-0.4, -0.2) is 4.98 Å². The molecule has 0 saturated heterocycles. The van der Waals surface area contributed by atoms with Crippen molar-refractivity contribution in [3.63, 3.8) is 0 Å². The van der Waals surface area contributed by atoms with E-state index in [0.717, 1.165) is 23.1 Å². The molecule has 0 radical (unpaired) electrons. The topological polar surface area (TPSA) is 12.9 Å². The van der Waals surface area contributed by atoms with E-state index in [2.05, 4.69) is 54.6 Å². The summed E-state index contributed by atoms with van der Waals surface area (Å²) in [6, 6.07) is 4.16. The maximum atomic E-state index is 4.57. The largest absolute Gasteiger partial charge is 0.246 e. The van der Waals surface area contributed by atoms with E-state index in [1.165, 1.54) is 103 Å². The molecule has 1 aromatic rings. The molecule has 0 bridgehead atoms. The van der Waals surface area contributed by atoms with E-state index in [0.29, 0.717) is 11.8 Å². The summed E-state index contributed by atoms with van der Waals surface area (Å²) in [5.41, 5.74) is 1.93. The number of unbranched alkanes of at least 4 members (excludes halogenated alkanes) is 4. The third-order valence-corrected chi connectivity index (χ3v) is 7.71. The zero-order valence-electron chi connectivity index (χ0n) is 20.8. The van der Waals surface area contributed by atoms with Crippen LogP contribution >= 0.6 is 0 Å². The van der Waals surface area contributed by atoms with Gasteiger partial charge in [0.1, 0.15) is 5.69 Å². The van der Waals surface area contributed by atoms with Crippen molar-refractivity contribution >= 4 is 0 Å². The van der Waals surface area contributed by atoms with E-state index in [1.54, 1.807) is 0 Å². The second-order valence-corrected chi connectivity index (χ2v) is 10.4. The molecule has 2 aliphatic rings. The molecule has 0 amide bonds. The predicted octanol–water partition coefficient (Wildman–Crippen LogP) is 8.56. The molecule has 0 unspecified atom stereocenters. The Morgan fingerprint density at radius 1 is 0.688 bits per heavy atom. The molecule has 0 atom stereocenters. The number of nitrogens with zero attached hydrogens (tertiary/aromatic N) is 1. The Bertz CT molecular complexity index is 686. The van der Waals surface area contributed by atoms with Gasteiger partial charge in [0.05, 0.1) is 0 Å². The molecule has 3 rings (SSSR count). The smallest absolute Gasteiger partial charge is 0.113 e. The van der Waals surface area contributed by atoms with Gasteiger partial charge in [0, 0.05) is 23.6 Å². The van der Waals surface area contributed by atoms with Gasteiger partial charge in [-0.15, -0.1) is 0 Å². The van der Waals surface area contributed by atoms with Crippen molar-refractivity contribution < 1.29 is 0 Å². The van der Waals surface area contributed by atoms with Gasteiger partial charge in [-0.1, -0.05) is 83.0 Å². The van der Waals surface area contributed by atoms with Crippen LogP contribution in [0.4, 0.5) is 0 Å². The lowest BCUT2D eigenvalue weighted by molar-refractivity contribution is 0.294. The van der Waals surface area contributed by atoms with Crippen LogP contribution in [0.2, 0.25) is 0 Å². The third kappa shape index (κ3) is 9.02. The van der Waals surface area contributed by atoms with Crippen LogP contribution in [0.3, 0.4) is 0 Å². The molecule has 1 heteroatoms. The lowest BCUT2D eigenvalue weighted by atomic mass is 9.80. The maximum absolute atomic E-state index is 4.57. The van der Waals surface area contributed by atoms with Gasteiger partial charge in [0.2, 0.25) is 0 Å². The number of hydrogen-bond acceptors (Lipinski definition) is 1. The minimum Gasteiger partial charge on any atom is -0.246 e. The lowest BCUT2D eigenvalue weighted by Crippen LogP contribution is -2.13. The Morgan fingerprint density at radius 2 is 1.22 bits per heavy atom. The van der Waals surface area contributed by atoms with Gasteiger partial charge in [0.25, 0.3) is 0 Å². The fourth-order valence-electron chi connectivity index (χ4n) is 5.46. The predicted molar refractivity (Wildman–Crippen MR) is 137 cm³/mol. The average Bonchev–Trinajstić information content (AvgIpc) is 2.84. The number of pyridine rings is 1. The summed E-state index contributed by atoms with van der Waals surface area (Å²) in [6.45, 7) is 4.59. The van der Waals surface area contributed by atoms with Gasteiger partial charge in [-0.25, -0.2) is 4.98 Å². The first kappa shape index (κ1) is 24.9. The summed E-state index contributed by atoms with van der Waals surface area (Å²) < 4.78 is 0. The normalized spacial score (nSPS) is 25.3. The zero-order chi connectivity index (χ0) is 22.4. The second-order valence-electron chi connectivity index (χ2n) is 10.4. The average molecular weight is 432 g/mol. The van der Waals surface area contributed by atoms with Gasteiger partial charge in [-0.3, -0.25) is 0 Å². The number of rotatable bonds is 8. The highest BCUT2D eigenvalue weighted by molar-refractivity contribution is 5.37. The molecule has 1 aromatic heterocycles. The van der Waals surface area contributed by atoms with E-state index < -0.39 is 0 Å². The van der Waals surface area contributed by atoms with Gasteiger partial charge in [-0.2, -0.15) is 0 Å². The molecule has 0 aromatic carbocycles. The SMILES string of the molecule is CCCCCC1CCC(C#Cc2ccc(C#CC3CCC(CCCCC)CC3)nc2)CC1. The molecule has 2 fully saturated rings. The van der Waals surface area contributed by atoms with Gasteiger partial charge < -0.3 is 0 Å². The van der Waals surface area contributed by atoms with Crippen LogP contribution in [0.1, 0.15) is 128 Å². The Hall–Kier alpha value is -1.73. The van der Waals surface area contributed by atoms with Crippen LogP contribution in [0.25, 0.3) is 0 Å². The number of hydrogen-bond donors (Lipinski definition) is 0. The quantitative estimate of drug-likeness (QED) is 0.297. The van der Waals surface area contributed by atoms with Crippen molar-refractivity contribution in [3.8, 4) is 23.7 Å². The molecule has 174 valence electrons. The monoisotopic (exact) mass is 431 g/mol. The fourth-order valence-corrected chi connectivity index (χ4v) is 5.46. The zero-order valence-corrected chi connectivity index (χ0v) is 20.8. The molecular weight excluding hydrogens is 386 g/mol. The highest BCUT2D eigenvalue weighted by Crippen LogP contribution is 2.32. The second kappa shape index (κ2) is 14.4. The highest BCUT2D eigenvalue weighted by Gasteiger charge is 2.20. The van der Waals surface area contributed by atoms with E-state index in [4.69, 9.17) is 0 Å². The van der Waals surface area contributed by atoms with E-state index >= 15 is 0 Å². The van der Waals surface area contributed by atoms with Gasteiger partial charge >= 0.3 is 0 Å². The van der Waals surface area contributed by atoms with E-state index in [9.17, 15) is 0 Å². The van der Waals surface area contributed by atoms with Crippen molar-refractivity contribution in [1.29, 1.82) is 0 Å². The first-order valence-corrected chi connectivity index (χ1v) is 13.8. The van der Waals surface area contributed by atoms with Crippen molar-refractivity contribution in [2.24, 2.45) is 23.7 Å². The summed E-state index contributed by atoms with van der Waals surface area (Å²) >= 11 is 0. The standard InChI is InChI=1S/C31H45N/c1-3-5-7-9-26-11-15-28(16-12-26)19-20-30-22-24-31(32-25-30)23-21-29-17-13-27(14-18-29)10-8-6-4-2/h22,24-29H,3-18H2,1-2H3. The van der Waals surface area contributed by atoms with Crippen molar-refractivity contribution in [2.75, 3.05) is 0 Å². The molecule has 2 saturated carbocycles. The minimum atomic E-state index is 0.566.